The highest BCUT2D eigenvalue weighted by atomic mass is 32.2. The molecule has 0 atom stereocenters. The van der Waals surface area contributed by atoms with Crippen molar-refractivity contribution in [3.63, 3.8) is 0 Å². The molecule has 3 nitrogen and oxygen atoms in total. The van der Waals surface area contributed by atoms with Gasteiger partial charge < -0.3 is 0 Å². The molecule has 7 heteroatoms. The number of halogens is 2. The Morgan fingerprint density at radius 1 is 1.07 bits per heavy atom. The van der Waals surface area contributed by atoms with Gasteiger partial charge >= 0.3 is 0 Å². The standard InChI is InChI=1S/C23H18F2N2OS2/c1-15-6-11-18(12-19(15)25)27(23-26-20-4-2-3-5-21(20)30-23)22(28)14-29-13-16-7-9-17(24)10-8-16/h2-12H,13-14H2,1H3. The molecule has 0 unspecified atom stereocenters. The first kappa shape index (κ1) is 20.5. The largest absolute Gasteiger partial charge is 0.273 e. The minimum atomic E-state index is -0.370. The van der Waals surface area contributed by atoms with Gasteiger partial charge in [-0.15, -0.1) is 11.8 Å². The maximum Gasteiger partial charge on any atom is 0.243 e. The molecule has 1 amide bonds. The first-order valence-electron chi connectivity index (χ1n) is 9.28. The van der Waals surface area contributed by atoms with E-state index in [4.69, 9.17) is 0 Å². The summed E-state index contributed by atoms with van der Waals surface area (Å²) in [5, 5.41) is 0.506. The Morgan fingerprint density at radius 3 is 2.57 bits per heavy atom. The summed E-state index contributed by atoms with van der Waals surface area (Å²) in [5.41, 5.74) is 2.69. The molecule has 0 spiro atoms. The Bertz CT molecular complexity index is 1160. The van der Waals surface area contributed by atoms with Crippen LogP contribution in [0.25, 0.3) is 10.2 Å². The van der Waals surface area contributed by atoms with Crippen LogP contribution in [0.5, 0.6) is 0 Å². The molecule has 0 saturated carbocycles. The lowest BCUT2D eigenvalue weighted by molar-refractivity contribution is -0.115. The van der Waals surface area contributed by atoms with Crippen molar-refractivity contribution in [3.8, 4) is 0 Å². The van der Waals surface area contributed by atoms with Crippen molar-refractivity contribution in [2.45, 2.75) is 12.7 Å². The molecule has 4 rings (SSSR count). The number of fused-ring (bicyclic) bond motifs is 1. The number of aryl methyl sites for hydroxylation is 1. The molecule has 0 aliphatic carbocycles. The fourth-order valence-corrected chi connectivity index (χ4v) is 4.78. The van der Waals surface area contributed by atoms with E-state index in [1.54, 1.807) is 31.2 Å². The minimum Gasteiger partial charge on any atom is -0.273 e. The van der Waals surface area contributed by atoms with Gasteiger partial charge in [0.05, 0.1) is 21.7 Å². The van der Waals surface area contributed by atoms with Crippen molar-refractivity contribution in [3.05, 3.63) is 89.5 Å². The van der Waals surface area contributed by atoms with Crippen LogP contribution >= 0.6 is 23.1 Å². The summed E-state index contributed by atoms with van der Waals surface area (Å²) < 4.78 is 28.3. The van der Waals surface area contributed by atoms with E-state index in [-0.39, 0.29) is 23.3 Å². The molecule has 0 saturated heterocycles. The zero-order chi connectivity index (χ0) is 21.1. The van der Waals surface area contributed by atoms with Gasteiger partial charge in [0.15, 0.2) is 5.13 Å². The molecule has 1 heterocycles. The van der Waals surface area contributed by atoms with Crippen LogP contribution in [0.1, 0.15) is 11.1 Å². The molecule has 152 valence electrons. The van der Waals surface area contributed by atoms with Crippen LogP contribution in [0.2, 0.25) is 0 Å². The number of hydrogen-bond acceptors (Lipinski definition) is 4. The van der Waals surface area contributed by atoms with Crippen LogP contribution < -0.4 is 4.90 Å². The van der Waals surface area contributed by atoms with Gasteiger partial charge in [-0.2, -0.15) is 0 Å². The van der Waals surface area contributed by atoms with Crippen molar-refractivity contribution in [2.24, 2.45) is 0 Å². The van der Waals surface area contributed by atoms with E-state index in [0.717, 1.165) is 15.8 Å². The van der Waals surface area contributed by atoms with Gasteiger partial charge in [0.1, 0.15) is 11.6 Å². The van der Waals surface area contributed by atoms with E-state index in [1.165, 1.54) is 46.2 Å². The molecule has 0 aliphatic rings. The molecular formula is C23H18F2N2OS2. The summed E-state index contributed by atoms with van der Waals surface area (Å²) in [6.45, 7) is 1.68. The number of para-hydroxylation sites is 1. The van der Waals surface area contributed by atoms with Crippen molar-refractivity contribution in [1.82, 2.24) is 4.98 Å². The number of aromatic nitrogens is 1. The number of thioether (sulfide) groups is 1. The van der Waals surface area contributed by atoms with Crippen LogP contribution in [-0.2, 0) is 10.5 Å². The smallest absolute Gasteiger partial charge is 0.243 e. The Kier molecular flexibility index (Phi) is 6.11. The monoisotopic (exact) mass is 440 g/mol. The Hall–Kier alpha value is -2.77. The Labute approximate surface area is 181 Å². The molecule has 0 radical (unpaired) electrons. The van der Waals surface area contributed by atoms with Gasteiger partial charge in [0.25, 0.3) is 0 Å². The SMILES string of the molecule is Cc1ccc(N(C(=O)CSCc2ccc(F)cc2)c2nc3ccccc3s2)cc1F. The third-order valence-electron chi connectivity index (χ3n) is 4.54. The molecule has 0 fully saturated rings. The number of carbonyl (C=O) groups is 1. The van der Waals surface area contributed by atoms with Crippen LogP contribution in [0.3, 0.4) is 0 Å². The van der Waals surface area contributed by atoms with E-state index in [2.05, 4.69) is 4.98 Å². The lowest BCUT2D eigenvalue weighted by atomic mass is 10.2. The van der Waals surface area contributed by atoms with E-state index < -0.39 is 0 Å². The fourth-order valence-electron chi connectivity index (χ4n) is 2.94. The lowest BCUT2D eigenvalue weighted by Crippen LogP contribution is -2.27. The topological polar surface area (TPSA) is 33.2 Å². The third-order valence-corrected chi connectivity index (χ3v) is 6.55. The average molecular weight is 441 g/mol. The summed E-state index contributed by atoms with van der Waals surface area (Å²) in [6.07, 6.45) is 0. The normalized spacial score (nSPS) is 11.0. The second-order valence-corrected chi connectivity index (χ2v) is 8.74. The molecule has 4 aromatic rings. The summed E-state index contributed by atoms with van der Waals surface area (Å²) in [4.78, 5) is 19.2. The lowest BCUT2D eigenvalue weighted by Gasteiger charge is -2.20. The summed E-state index contributed by atoms with van der Waals surface area (Å²) in [7, 11) is 0. The number of rotatable bonds is 6. The zero-order valence-corrected chi connectivity index (χ0v) is 17.8. The number of nitrogens with zero attached hydrogens (tertiary/aromatic N) is 2. The Balaban J connectivity index is 1.59. The first-order chi connectivity index (χ1) is 14.5. The highest BCUT2D eigenvalue weighted by molar-refractivity contribution is 7.99. The van der Waals surface area contributed by atoms with Crippen molar-refractivity contribution >= 4 is 50.0 Å². The average Bonchev–Trinajstić information content (AvgIpc) is 3.16. The van der Waals surface area contributed by atoms with Crippen LogP contribution in [0.4, 0.5) is 19.6 Å². The van der Waals surface area contributed by atoms with E-state index in [1.807, 2.05) is 24.3 Å². The van der Waals surface area contributed by atoms with Gasteiger partial charge in [-0.25, -0.2) is 13.8 Å². The quantitative estimate of drug-likeness (QED) is 0.344. The van der Waals surface area contributed by atoms with Crippen molar-refractivity contribution < 1.29 is 13.6 Å². The second-order valence-electron chi connectivity index (χ2n) is 6.75. The maximum absolute atomic E-state index is 14.2. The predicted octanol–water partition coefficient (Wildman–Crippen LogP) is 6.48. The highest BCUT2D eigenvalue weighted by Crippen LogP contribution is 2.34. The summed E-state index contributed by atoms with van der Waals surface area (Å²) in [6, 6.07) is 18.6. The highest BCUT2D eigenvalue weighted by Gasteiger charge is 2.22. The number of hydrogen-bond donors (Lipinski definition) is 0. The molecular weight excluding hydrogens is 422 g/mol. The predicted molar refractivity (Wildman–Crippen MR) is 120 cm³/mol. The maximum atomic E-state index is 14.2. The van der Waals surface area contributed by atoms with E-state index >= 15 is 0 Å². The number of thiazole rings is 1. The summed E-state index contributed by atoms with van der Waals surface area (Å²) in [5.74, 6) is -0.0943. The van der Waals surface area contributed by atoms with Crippen LogP contribution in [-0.4, -0.2) is 16.6 Å². The first-order valence-corrected chi connectivity index (χ1v) is 11.3. The molecule has 0 bridgehead atoms. The minimum absolute atomic E-state index is 0.183. The van der Waals surface area contributed by atoms with Crippen LogP contribution in [0, 0.1) is 18.6 Å². The van der Waals surface area contributed by atoms with Gasteiger partial charge in [0.2, 0.25) is 5.91 Å². The molecule has 0 N–H and O–H groups in total. The zero-order valence-electron chi connectivity index (χ0n) is 16.1. The number of amides is 1. The number of carbonyl (C=O) groups excluding carboxylic acids is 1. The third kappa shape index (κ3) is 4.52. The number of benzene rings is 3. The molecule has 1 aromatic heterocycles. The van der Waals surface area contributed by atoms with Gasteiger partial charge in [-0.3, -0.25) is 9.69 Å². The molecule has 3 aromatic carbocycles. The second kappa shape index (κ2) is 8.93. The van der Waals surface area contributed by atoms with Crippen molar-refractivity contribution in [1.29, 1.82) is 0 Å². The van der Waals surface area contributed by atoms with Crippen molar-refractivity contribution in [2.75, 3.05) is 10.7 Å². The number of anilines is 2. The Morgan fingerprint density at radius 2 is 1.83 bits per heavy atom. The molecule has 30 heavy (non-hydrogen) atoms. The van der Waals surface area contributed by atoms with Gasteiger partial charge in [-0.05, 0) is 54.4 Å². The fraction of sp³-hybridized carbons (Fsp3) is 0.130. The van der Waals surface area contributed by atoms with Gasteiger partial charge in [-0.1, -0.05) is 41.7 Å². The summed E-state index contributed by atoms with van der Waals surface area (Å²) >= 11 is 2.81. The molecule has 0 aliphatic heterocycles. The van der Waals surface area contributed by atoms with E-state index in [9.17, 15) is 13.6 Å². The van der Waals surface area contributed by atoms with E-state index in [0.29, 0.717) is 22.1 Å². The van der Waals surface area contributed by atoms with Gasteiger partial charge in [0, 0.05) is 5.75 Å². The van der Waals surface area contributed by atoms with Crippen LogP contribution in [0.15, 0.2) is 66.7 Å².